The van der Waals surface area contributed by atoms with Crippen molar-refractivity contribution in [3.63, 3.8) is 0 Å². The molecule has 0 aliphatic heterocycles. The predicted molar refractivity (Wildman–Crippen MR) is 136 cm³/mol. The Hall–Kier alpha value is -2.88. The number of nitrogens with one attached hydrogen (secondary N) is 3. The standard InChI is InChI=1S/C23H27N7.HI/c1-3-24-23(26-11-10-19-16-27-21-7-5-4-6-20(19)21)29-15-18-8-9-22(28-14-18)30-13-12-25-17(30)2;/h4-9,12-14,16,27H,3,10-11,15H2,1-2H3,(H2,24,26,29);1H. The molecule has 0 radical (unpaired) electrons. The minimum atomic E-state index is 0. The van der Waals surface area contributed by atoms with Gasteiger partial charge in [0.1, 0.15) is 11.6 Å². The number of H-pyrrole nitrogens is 1. The summed E-state index contributed by atoms with van der Waals surface area (Å²) in [7, 11) is 0. The normalized spacial score (nSPS) is 11.4. The van der Waals surface area contributed by atoms with E-state index >= 15 is 0 Å². The zero-order valence-corrected chi connectivity index (χ0v) is 20.1. The number of aliphatic imine (C=N–C) groups is 1. The van der Waals surface area contributed by atoms with Gasteiger partial charge in [0.15, 0.2) is 5.96 Å². The van der Waals surface area contributed by atoms with Crippen molar-refractivity contribution >= 4 is 40.8 Å². The summed E-state index contributed by atoms with van der Waals surface area (Å²) in [5, 5.41) is 8.02. The first kappa shape index (κ1) is 22.8. The average molecular weight is 529 g/mol. The number of hydrogen-bond acceptors (Lipinski definition) is 3. The quantitative estimate of drug-likeness (QED) is 0.192. The van der Waals surface area contributed by atoms with Crippen LogP contribution in [0.25, 0.3) is 16.7 Å². The molecular formula is C23H28IN7. The Kier molecular flexibility index (Phi) is 8.05. The number of guanidine groups is 1. The summed E-state index contributed by atoms with van der Waals surface area (Å²) >= 11 is 0. The molecule has 7 nitrogen and oxygen atoms in total. The number of aryl methyl sites for hydroxylation is 1. The van der Waals surface area contributed by atoms with Crippen molar-refractivity contribution in [2.45, 2.75) is 26.8 Å². The van der Waals surface area contributed by atoms with Gasteiger partial charge < -0.3 is 15.6 Å². The lowest BCUT2D eigenvalue weighted by Gasteiger charge is -2.11. The molecule has 4 rings (SSSR count). The molecule has 0 saturated heterocycles. The number of fused-ring (bicyclic) bond motifs is 1. The van der Waals surface area contributed by atoms with Crippen LogP contribution in [0.15, 0.2) is 66.2 Å². The van der Waals surface area contributed by atoms with E-state index in [9.17, 15) is 0 Å². The highest BCUT2D eigenvalue weighted by molar-refractivity contribution is 14.0. The largest absolute Gasteiger partial charge is 0.361 e. The smallest absolute Gasteiger partial charge is 0.191 e. The molecule has 3 heterocycles. The van der Waals surface area contributed by atoms with Gasteiger partial charge in [-0.25, -0.2) is 15.0 Å². The van der Waals surface area contributed by atoms with Crippen molar-refractivity contribution in [1.82, 2.24) is 30.2 Å². The van der Waals surface area contributed by atoms with E-state index in [1.807, 2.05) is 30.0 Å². The second kappa shape index (κ2) is 10.9. The van der Waals surface area contributed by atoms with E-state index in [0.717, 1.165) is 42.7 Å². The molecule has 0 spiro atoms. The minimum absolute atomic E-state index is 0. The molecule has 8 heteroatoms. The molecule has 0 fully saturated rings. The summed E-state index contributed by atoms with van der Waals surface area (Å²) in [6, 6.07) is 12.4. The van der Waals surface area contributed by atoms with Gasteiger partial charge in [0.05, 0.1) is 6.54 Å². The van der Waals surface area contributed by atoms with Crippen LogP contribution in [-0.2, 0) is 13.0 Å². The number of rotatable bonds is 7. The summed E-state index contributed by atoms with van der Waals surface area (Å²) in [5.41, 5.74) is 3.55. The van der Waals surface area contributed by atoms with E-state index in [1.165, 1.54) is 16.5 Å². The molecule has 3 N–H and O–H groups in total. The molecule has 0 saturated carbocycles. The molecule has 0 bridgehead atoms. The molecule has 0 aliphatic rings. The van der Waals surface area contributed by atoms with Gasteiger partial charge in [0.25, 0.3) is 0 Å². The van der Waals surface area contributed by atoms with Crippen LogP contribution in [0.5, 0.6) is 0 Å². The maximum atomic E-state index is 4.70. The number of halogens is 1. The van der Waals surface area contributed by atoms with E-state index in [4.69, 9.17) is 4.99 Å². The lowest BCUT2D eigenvalue weighted by Crippen LogP contribution is -2.38. The van der Waals surface area contributed by atoms with E-state index in [1.54, 1.807) is 6.20 Å². The number of imidazole rings is 1. The second-order valence-corrected chi connectivity index (χ2v) is 7.10. The fourth-order valence-corrected chi connectivity index (χ4v) is 3.44. The zero-order valence-electron chi connectivity index (χ0n) is 17.8. The fraction of sp³-hybridized carbons (Fsp3) is 0.261. The van der Waals surface area contributed by atoms with E-state index in [0.29, 0.717) is 6.54 Å². The molecule has 3 aromatic heterocycles. The van der Waals surface area contributed by atoms with Gasteiger partial charge >= 0.3 is 0 Å². The van der Waals surface area contributed by atoms with Gasteiger partial charge in [0, 0.05) is 48.8 Å². The van der Waals surface area contributed by atoms with Crippen LogP contribution in [0.1, 0.15) is 23.9 Å². The van der Waals surface area contributed by atoms with Crippen LogP contribution in [-0.4, -0.2) is 38.6 Å². The van der Waals surface area contributed by atoms with Crippen molar-refractivity contribution in [2.24, 2.45) is 4.99 Å². The van der Waals surface area contributed by atoms with Gasteiger partial charge in [-0.05, 0) is 43.5 Å². The van der Waals surface area contributed by atoms with E-state index in [2.05, 4.69) is 69.0 Å². The fourth-order valence-electron chi connectivity index (χ4n) is 3.44. The first-order chi connectivity index (χ1) is 14.7. The molecular weight excluding hydrogens is 501 g/mol. The SMILES string of the molecule is CCNC(=NCc1ccc(-n2ccnc2C)nc1)NCCc1c[nH]c2ccccc12.I. The number of benzene rings is 1. The molecule has 0 aliphatic carbocycles. The summed E-state index contributed by atoms with van der Waals surface area (Å²) in [6.07, 6.45) is 8.57. The number of hydrogen-bond donors (Lipinski definition) is 3. The van der Waals surface area contributed by atoms with Crippen LogP contribution in [0.3, 0.4) is 0 Å². The monoisotopic (exact) mass is 529 g/mol. The number of pyridine rings is 1. The van der Waals surface area contributed by atoms with Crippen LogP contribution in [0.2, 0.25) is 0 Å². The van der Waals surface area contributed by atoms with Crippen molar-refractivity contribution in [3.8, 4) is 5.82 Å². The lowest BCUT2D eigenvalue weighted by molar-refractivity contribution is 0.801. The Morgan fingerprint density at radius 1 is 1.13 bits per heavy atom. The molecule has 31 heavy (non-hydrogen) atoms. The Balaban J connectivity index is 0.00000272. The van der Waals surface area contributed by atoms with Gasteiger partial charge in [-0.1, -0.05) is 24.3 Å². The average Bonchev–Trinajstić information content (AvgIpc) is 3.39. The van der Waals surface area contributed by atoms with Gasteiger partial charge in [-0.2, -0.15) is 0 Å². The van der Waals surface area contributed by atoms with Crippen LogP contribution in [0, 0.1) is 6.92 Å². The third-order valence-electron chi connectivity index (χ3n) is 5.01. The molecule has 0 unspecified atom stereocenters. The Morgan fingerprint density at radius 3 is 2.74 bits per heavy atom. The number of nitrogens with zero attached hydrogens (tertiary/aromatic N) is 4. The van der Waals surface area contributed by atoms with Gasteiger partial charge in [-0.15, -0.1) is 24.0 Å². The van der Waals surface area contributed by atoms with Crippen molar-refractivity contribution < 1.29 is 0 Å². The maximum absolute atomic E-state index is 4.70. The van der Waals surface area contributed by atoms with Crippen LogP contribution < -0.4 is 10.6 Å². The third kappa shape index (κ3) is 5.63. The summed E-state index contributed by atoms with van der Waals surface area (Å²) in [4.78, 5) is 16.8. The van der Waals surface area contributed by atoms with Gasteiger partial charge in [-0.3, -0.25) is 4.57 Å². The number of aromatic nitrogens is 4. The molecule has 162 valence electrons. The Morgan fingerprint density at radius 2 is 2.00 bits per heavy atom. The van der Waals surface area contributed by atoms with E-state index < -0.39 is 0 Å². The van der Waals surface area contributed by atoms with E-state index in [-0.39, 0.29) is 24.0 Å². The second-order valence-electron chi connectivity index (χ2n) is 7.10. The Labute approximate surface area is 199 Å². The van der Waals surface area contributed by atoms with Crippen molar-refractivity contribution in [1.29, 1.82) is 0 Å². The Bertz CT molecular complexity index is 1130. The highest BCUT2D eigenvalue weighted by Crippen LogP contribution is 2.17. The number of aromatic amines is 1. The topological polar surface area (TPSA) is 82.9 Å². The minimum Gasteiger partial charge on any atom is -0.361 e. The highest BCUT2D eigenvalue weighted by atomic mass is 127. The zero-order chi connectivity index (χ0) is 20.8. The first-order valence-electron chi connectivity index (χ1n) is 10.3. The molecule has 0 atom stereocenters. The maximum Gasteiger partial charge on any atom is 0.191 e. The number of para-hydroxylation sites is 1. The third-order valence-corrected chi connectivity index (χ3v) is 5.01. The predicted octanol–water partition coefficient (Wildman–Crippen LogP) is 3.97. The first-order valence-corrected chi connectivity index (χ1v) is 10.3. The van der Waals surface area contributed by atoms with Crippen LogP contribution in [0.4, 0.5) is 0 Å². The van der Waals surface area contributed by atoms with Crippen molar-refractivity contribution in [3.05, 3.63) is 78.1 Å². The highest BCUT2D eigenvalue weighted by Gasteiger charge is 2.05. The summed E-state index contributed by atoms with van der Waals surface area (Å²) in [6.45, 7) is 6.23. The molecule has 1 aromatic carbocycles. The molecule has 4 aromatic rings. The molecule has 0 amide bonds. The van der Waals surface area contributed by atoms with Crippen molar-refractivity contribution in [2.75, 3.05) is 13.1 Å². The van der Waals surface area contributed by atoms with Gasteiger partial charge in [0.2, 0.25) is 0 Å². The summed E-state index contributed by atoms with van der Waals surface area (Å²) in [5.74, 6) is 2.59. The summed E-state index contributed by atoms with van der Waals surface area (Å²) < 4.78 is 1.96. The van der Waals surface area contributed by atoms with Crippen LogP contribution >= 0.6 is 24.0 Å². The lowest BCUT2D eigenvalue weighted by atomic mass is 10.1.